The SMILES string of the molecule is O=C(NC1CCN(Cc2ccncc2)CC1)c1ccc(OC2CCOC2)cc1. The number of nitrogens with zero attached hydrogens (tertiary/aromatic N) is 2. The lowest BCUT2D eigenvalue weighted by Gasteiger charge is -2.32. The zero-order valence-corrected chi connectivity index (χ0v) is 16.0. The molecule has 0 aliphatic carbocycles. The van der Waals surface area contributed by atoms with Gasteiger partial charge in [0.2, 0.25) is 0 Å². The number of pyridine rings is 1. The maximum Gasteiger partial charge on any atom is 0.251 e. The molecule has 1 amide bonds. The molecule has 3 heterocycles. The van der Waals surface area contributed by atoms with E-state index in [0.29, 0.717) is 12.2 Å². The van der Waals surface area contributed by atoms with Crippen LogP contribution < -0.4 is 10.1 Å². The highest BCUT2D eigenvalue weighted by atomic mass is 16.5. The Hall–Kier alpha value is -2.44. The van der Waals surface area contributed by atoms with Crippen molar-refractivity contribution in [3.8, 4) is 5.75 Å². The van der Waals surface area contributed by atoms with Gasteiger partial charge in [0.25, 0.3) is 5.91 Å². The number of amides is 1. The number of hydrogen-bond acceptors (Lipinski definition) is 5. The second kappa shape index (κ2) is 9.17. The lowest BCUT2D eigenvalue weighted by atomic mass is 10.0. The van der Waals surface area contributed by atoms with Gasteiger partial charge in [-0.2, -0.15) is 0 Å². The first kappa shape index (κ1) is 18.9. The largest absolute Gasteiger partial charge is 0.488 e. The lowest BCUT2D eigenvalue weighted by molar-refractivity contribution is 0.0909. The summed E-state index contributed by atoms with van der Waals surface area (Å²) in [5.74, 6) is 0.778. The molecule has 6 heteroatoms. The number of carbonyl (C=O) groups is 1. The molecule has 148 valence electrons. The molecule has 1 aromatic carbocycles. The highest BCUT2D eigenvalue weighted by Crippen LogP contribution is 2.18. The third-order valence-electron chi connectivity index (χ3n) is 5.39. The van der Waals surface area contributed by atoms with Crippen molar-refractivity contribution in [2.24, 2.45) is 0 Å². The number of likely N-dealkylation sites (tertiary alicyclic amines) is 1. The molecule has 2 saturated heterocycles. The van der Waals surface area contributed by atoms with E-state index in [1.807, 2.05) is 36.7 Å². The van der Waals surface area contributed by atoms with E-state index in [2.05, 4.69) is 27.3 Å². The lowest BCUT2D eigenvalue weighted by Crippen LogP contribution is -2.44. The van der Waals surface area contributed by atoms with Crippen LogP contribution in [0.3, 0.4) is 0 Å². The van der Waals surface area contributed by atoms with Crippen molar-refractivity contribution >= 4 is 5.91 Å². The fraction of sp³-hybridized carbons (Fsp3) is 0.455. The van der Waals surface area contributed by atoms with Crippen molar-refractivity contribution in [2.45, 2.75) is 38.0 Å². The second-order valence-corrected chi connectivity index (χ2v) is 7.51. The summed E-state index contributed by atoms with van der Waals surface area (Å²) in [6.07, 6.45) is 6.65. The van der Waals surface area contributed by atoms with E-state index in [4.69, 9.17) is 9.47 Å². The molecule has 28 heavy (non-hydrogen) atoms. The Labute approximate surface area is 165 Å². The summed E-state index contributed by atoms with van der Waals surface area (Å²) in [5.41, 5.74) is 1.96. The Morgan fingerprint density at radius 1 is 1.11 bits per heavy atom. The number of hydrogen-bond donors (Lipinski definition) is 1. The Morgan fingerprint density at radius 2 is 1.86 bits per heavy atom. The van der Waals surface area contributed by atoms with E-state index >= 15 is 0 Å². The van der Waals surface area contributed by atoms with Gasteiger partial charge in [-0.15, -0.1) is 0 Å². The fourth-order valence-corrected chi connectivity index (χ4v) is 3.73. The second-order valence-electron chi connectivity index (χ2n) is 7.51. The number of piperidine rings is 1. The number of aromatic nitrogens is 1. The first-order valence-electron chi connectivity index (χ1n) is 10.0. The van der Waals surface area contributed by atoms with Crippen LogP contribution >= 0.6 is 0 Å². The van der Waals surface area contributed by atoms with Gasteiger partial charge in [0.1, 0.15) is 11.9 Å². The summed E-state index contributed by atoms with van der Waals surface area (Å²) in [7, 11) is 0. The standard InChI is InChI=1S/C22H27N3O3/c26-22(18-1-3-20(4-2-18)28-21-9-14-27-16-21)24-19-7-12-25(13-8-19)15-17-5-10-23-11-6-17/h1-6,10-11,19,21H,7-9,12-16H2,(H,24,26). The van der Waals surface area contributed by atoms with Crippen LogP contribution in [0.1, 0.15) is 35.2 Å². The molecule has 1 atom stereocenters. The van der Waals surface area contributed by atoms with Crippen molar-refractivity contribution in [3.05, 3.63) is 59.9 Å². The molecule has 1 aromatic heterocycles. The van der Waals surface area contributed by atoms with Crippen molar-refractivity contribution in [3.63, 3.8) is 0 Å². The molecule has 2 aliphatic heterocycles. The highest BCUT2D eigenvalue weighted by molar-refractivity contribution is 5.94. The molecule has 6 nitrogen and oxygen atoms in total. The third-order valence-corrected chi connectivity index (χ3v) is 5.39. The summed E-state index contributed by atoms with van der Waals surface area (Å²) in [6, 6.07) is 11.7. The van der Waals surface area contributed by atoms with Crippen molar-refractivity contribution in [1.29, 1.82) is 0 Å². The molecule has 1 unspecified atom stereocenters. The van der Waals surface area contributed by atoms with E-state index in [1.165, 1.54) is 5.56 Å². The molecule has 2 fully saturated rings. The van der Waals surface area contributed by atoms with Gasteiger partial charge in [0, 0.05) is 50.1 Å². The minimum Gasteiger partial charge on any atom is -0.488 e. The van der Waals surface area contributed by atoms with Crippen LogP contribution in [0.15, 0.2) is 48.8 Å². The van der Waals surface area contributed by atoms with Gasteiger partial charge in [-0.1, -0.05) is 0 Å². The van der Waals surface area contributed by atoms with Crippen LogP contribution in [0.4, 0.5) is 0 Å². The number of rotatable bonds is 6. The zero-order valence-electron chi connectivity index (χ0n) is 16.0. The monoisotopic (exact) mass is 381 g/mol. The van der Waals surface area contributed by atoms with Crippen molar-refractivity contribution < 1.29 is 14.3 Å². The average molecular weight is 381 g/mol. The van der Waals surface area contributed by atoms with E-state index in [-0.39, 0.29) is 18.1 Å². The van der Waals surface area contributed by atoms with Gasteiger partial charge in [-0.3, -0.25) is 14.7 Å². The number of benzene rings is 1. The maximum absolute atomic E-state index is 12.5. The first-order valence-corrected chi connectivity index (χ1v) is 10.0. The Kier molecular flexibility index (Phi) is 6.19. The first-order chi connectivity index (χ1) is 13.8. The topological polar surface area (TPSA) is 63.7 Å². The normalized spacial score (nSPS) is 20.8. The average Bonchev–Trinajstić information content (AvgIpc) is 3.24. The van der Waals surface area contributed by atoms with E-state index in [9.17, 15) is 4.79 Å². The summed E-state index contributed by atoms with van der Waals surface area (Å²) in [4.78, 5) is 19.0. The quantitative estimate of drug-likeness (QED) is 0.833. The van der Waals surface area contributed by atoms with Crippen molar-refractivity contribution in [1.82, 2.24) is 15.2 Å². The molecule has 0 bridgehead atoms. The minimum atomic E-state index is -0.0108. The molecule has 1 N–H and O–H groups in total. The third kappa shape index (κ3) is 5.09. The van der Waals surface area contributed by atoms with Gasteiger partial charge < -0.3 is 14.8 Å². The zero-order chi connectivity index (χ0) is 19.2. The molecular weight excluding hydrogens is 354 g/mol. The number of carbonyl (C=O) groups excluding carboxylic acids is 1. The molecular formula is C22H27N3O3. The Morgan fingerprint density at radius 3 is 2.54 bits per heavy atom. The van der Waals surface area contributed by atoms with Crippen LogP contribution in [0.5, 0.6) is 5.75 Å². The summed E-state index contributed by atoms with van der Waals surface area (Å²) in [6.45, 7) is 4.32. The van der Waals surface area contributed by atoms with Crippen LogP contribution in [0, 0.1) is 0 Å². The Balaban J connectivity index is 1.23. The molecule has 0 spiro atoms. The smallest absolute Gasteiger partial charge is 0.251 e. The molecule has 2 aromatic rings. The molecule has 4 rings (SSSR count). The van der Waals surface area contributed by atoms with Gasteiger partial charge in [0.05, 0.1) is 13.2 Å². The van der Waals surface area contributed by atoms with Crippen LogP contribution in [0.2, 0.25) is 0 Å². The highest BCUT2D eigenvalue weighted by Gasteiger charge is 2.21. The maximum atomic E-state index is 12.5. The van der Waals surface area contributed by atoms with E-state index in [1.54, 1.807) is 0 Å². The predicted molar refractivity (Wildman–Crippen MR) is 106 cm³/mol. The Bertz CT molecular complexity index is 752. The van der Waals surface area contributed by atoms with E-state index < -0.39 is 0 Å². The van der Waals surface area contributed by atoms with Gasteiger partial charge >= 0.3 is 0 Å². The van der Waals surface area contributed by atoms with Crippen LogP contribution in [-0.4, -0.2) is 54.2 Å². The van der Waals surface area contributed by atoms with Gasteiger partial charge in [0.15, 0.2) is 0 Å². The molecule has 0 saturated carbocycles. The van der Waals surface area contributed by atoms with Gasteiger partial charge in [-0.05, 0) is 54.8 Å². The summed E-state index contributed by atoms with van der Waals surface area (Å²) >= 11 is 0. The van der Waals surface area contributed by atoms with Crippen LogP contribution in [-0.2, 0) is 11.3 Å². The molecule has 0 radical (unpaired) electrons. The fourth-order valence-electron chi connectivity index (χ4n) is 3.73. The minimum absolute atomic E-state index is 0.0108. The van der Waals surface area contributed by atoms with Gasteiger partial charge in [-0.25, -0.2) is 0 Å². The molecule has 2 aliphatic rings. The predicted octanol–water partition coefficient (Wildman–Crippen LogP) is 2.64. The summed E-state index contributed by atoms with van der Waals surface area (Å²) in [5, 5.41) is 3.18. The van der Waals surface area contributed by atoms with Crippen molar-refractivity contribution in [2.75, 3.05) is 26.3 Å². The summed E-state index contributed by atoms with van der Waals surface area (Å²) < 4.78 is 11.2. The number of ether oxygens (including phenoxy) is 2. The van der Waals surface area contributed by atoms with Crippen LogP contribution in [0.25, 0.3) is 0 Å². The van der Waals surface area contributed by atoms with E-state index in [0.717, 1.165) is 51.3 Å². The number of nitrogens with one attached hydrogen (secondary N) is 1.